The van der Waals surface area contributed by atoms with Crippen LogP contribution in [0.1, 0.15) is 32.4 Å². The summed E-state index contributed by atoms with van der Waals surface area (Å²) < 4.78 is 0. The van der Waals surface area contributed by atoms with Gasteiger partial charge in [-0.1, -0.05) is 20.3 Å². The number of hydrogen-bond donors (Lipinski definition) is 6. The molecule has 1 heterocycles. The van der Waals surface area contributed by atoms with Gasteiger partial charge in [-0.3, -0.25) is 14.4 Å². The van der Waals surface area contributed by atoms with Crippen LogP contribution in [0.25, 0.3) is 0 Å². The summed E-state index contributed by atoms with van der Waals surface area (Å²) in [4.78, 5) is 53.8. The van der Waals surface area contributed by atoms with Gasteiger partial charge in [-0.25, -0.2) is 9.78 Å². The Kier molecular flexibility index (Phi) is 8.39. The van der Waals surface area contributed by atoms with Crippen LogP contribution in [0, 0.1) is 5.92 Å². The molecule has 1 rings (SSSR count). The van der Waals surface area contributed by atoms with Gasteiger partial charge in [0.25, 0.3) is 0 Å². The van der Waals surface area contributed by atoms with Crippen molar-refractivity contribution < 1.29 is 24.3 Å². The molecule has 0 spiro atoms. The Balaban J connectivity index is 2.92. The first-order valence-corrected chi connectivity index (χ1v) is 8.50. The van der Waals surface area contributed by atoms with E-state index in [9.17, 15) is 24.3 Å². The normalized spacial score (nSPS) is 15.2. The highest BCUT2D eigenvalue weighted by atomic mass is 16.4. The molecule has 1 aromatic rings. The van der Waals surface area contributed by atoms with Crippen LogP contribution in [-0.2, 0) is 25.6 Å². The topological polar surface area (TPSA) is 193 Å². The number of rotatable bonds is 11. The lowest BCUT2D eigenvalue weighted by molar-refractivity contribution is -0.143. The molecule has 0 aromatic carbocycles. The van der Waals surface area contributed by atoms with Gasteiger partial charge in [-0.2, -0.15) is 0 Å². The number of carbonyl (C=O) groups is 4. The number of aromatic amines is 1. The second-order valence-electron chi connectivity index (χ2n) is 6.33. The van der Waals surface area contributed by atoms with Crippen molar-refractivity contribution in [2.45, 2.75) is 51.2 Å². The number of carboxylic acids is 1. The molecule has 0 saturated carbocycles. The van der Waals surface area contributed by atoms with E-state index >= 15 is 0 Å². The zero-order valence-electron chi connectivity index (χ0n) is 15.3. The maximum absolute atomic E-state index is 12.6. The van der Waals surface area contributed by atoms with Crippen molar-refractivity contribution in [2.24, 2.45) is 17.4 Å². The van der Waals surface area contributed by atoms with E-state index in [0.717, 1.165) is 0 Å². The van der Waals surface area contributed by atoms with Gasteiger partial charge in [0.2, 0.25) is 17.7 Å². The van der Waals surface area contributed by atoms with E-state index in [4.69, 9.17) is 11.5 Å². The summed E-state index contributed by atoms with van der Waals surface area (Å²) in [6.07, 6.45) is 3.07. The average Bonchev–Trinajstić information content (AvgIpc) is 3.10. The molecule has 11 heteroatoms. The van der Waals surface area contributed by atoms with E-state index in [1.165, 1.54) is 12.5 Å². The Labute approximate surface area is 156 Å². The molecule has 27 heavy (non-hydrogen) atoms. The molecule has 0 bridgehead atoms. The Morgan fingerprint density at radius 2 is 1.93 bits per heavy atom. The van der Waals surface area contributed by atoms with Gasteiger partial charge in [-0.15, -0.1) is 0 Å². The minimum absolute atomic E-state index is 0.0354. The summed E-state index contributed by atoms with van der Waals surface area (Å²) >= 11 is 0. The number of carboxylic acid groups (broad SMARTS) is 1. The number of imidazole rings is 1. The summed E-state index contributed by atoms with van der Waals surface area (Å²) in [5, 5.41) is 14.2. The molecule has 0 aliphatic heterocycles. The highest BCUT2D eigenvalue weighted by molar-refractivity contribution is 5.93. The number of H-pyrrole nitrogens is 1. The molecule has 8 N–H and O–H groups in total. The van der Waals surface area contributed by atoms with Crippen molar-refractivity contribution in [3.8, 4) is 0 Å². The first kappa shape index (κ1) is 22.1. The number of aliphatic carboxylic acids is 1. The second kappa shape index (κ2) is 10.3. The van der Waals surface area contributed by atoms with Gasteiger partial charge in [0.1, 0.15) is 12.1 Å². The van der Waals surface area contributed by atoms with Crippen LogP contribution >= 0.6 is 0 Å². The van der Waals surface area contributed by atoms with Crippen LogP contribution in [0.4, 0.5) is 0 Å². The van der Waals surface area contributed by atoms with E-state index in [1.807, 2.05) is 0 Å². The van der Waals surface area contributed by atoms with Crippen molar-refractivity contribution in [1.29, 1.82) is 0 Å². The van der Waals surface area contributed by atoms with Crippen LogP contribution in [0.3, 0.4) is 0 Å². The molecule has 0 saturated heterocycles. The highest BCUT2D eigenvalue weighted by Gasteiger charge is 2.31. The SMILES string of the molecule is CCC(C)C(NC(=O)C(Cc1cnc[nH]1)NC(=O)C(N)CC(N)=O)C(=O)O. The maximum atomic E-state index is 12.6. The number of nitrogens with one attached hydrogen (secondary N) is 3. The molecule has 0 radical (unpaired) electrons. The first-order chi connectivity index (χ1) is 12.6. The summed E-state index contributed by atoms with van der Waals surface area (Å²) in [5.41, 5.74) is 11.2. The smallest absolute Gasteiger partial charge is 0.326 e. The van der Waals surface area contributed by atoms with Crippen LogP contribution in [0.2, 0.25) is 0 Å². The number of hydrogen-bond acceptors (Lipinski definition) is 6. The largest absolute Gasteiger partial charge is 0.480 e. The molecule has 11 nitrogen and oxygen atoms in total. The van der Waals surface area contributed by atoms with E-state index in [-0.39, 0.29) is 18.8 Å². The number of primary amides is 1. The third-order valence-electron chi connectivity index (χ3n) is 4.15. The number of amides is 3. The van der Waals surface area contributed by atoms with Crippen LogP contribution in [-0.4, -0.2) is 56.9 Å². The second-order valence-corrected chi connectivity index (χ2v) is 6.33. The summed E-state index contributed by atoms with van der Waals surface area (Å²) in [7, 11) is 0. The molecular formula is C16H26N6O5. The fourth-order valence-corrected chi connectivity index (χ4v) is 2.35. The fraction of sp³-hybridized carbons (Fsp3) is 0.562. The third-order valence-corrected chi connectivity index (χ3v) is 4.15. The maximum Gasteiger partial charge on any atom is 0.326 e. The van der Waals surface area contributed by atoms with Gasteiger partial charge >= 0.3 is 5.97 Å². The van der Waals surface area contributed by atoms with E-state index < -0.39 is 41.8 Å². The lowest BCUT2D eigenvalue weighted by Gasteiger charge is -2.25. The Morgan fingerprint density at radius 1 is 1.26 bits per heavy atom. The zero-order valence-corrected chi connectivity index (χ0v) is 15.3. The predicted octanol–water partition coefficient (Wildman–Crippen LogP) is -1.74. The average molecular weight is 382 g/mol. The number of nitrogens with two attached hydrogens (primary N) is 2. The monoisotopic (exact) mass is 382 g/mol. The van der Waals surface area contributed by atoms with Gasteiger partial charge in [-0.05, 0) is 5.92 Å². The Morgan fingerprint density at radius 3 is 2.41 bits per heavy atom. The van der Waals surface area contributed by atoms with Crippen LogP contribution in [0.15, 0.2) is 12.5 Å². The van der Waals surface area contributed by atoms with Gasteiger partial charge in [0.15, 0.2) is 0 Å². The lowest BCUT2D eigenvalue weighted by atomic mass is 9.98. The van der Waals surface area contributed by atoms with Crippen molar-refractivity contribution in [3.63, 3.8) is 0 Å². The van der Waals surface area contributed by atoms with E-state index in [1.54, 1.807) is 13.8 Å². The van der Waals surface area contributed by atoms with Crippen molar-refractivity contribution in [3.05, 3.63) is 18.2 Å². The summed E-state index contributed by atoms with van der Waals surface area (Å²) in [5.74, 6) is -3.67. The van der Waals surface area contributed by atoms with Gasteiger partial charge in [0, 0.05) is 18.3 Å². The van der Waals surface area contributed by atoms with Crippen molar-refractivity contribution in [2.75, 3.05) is 0 Å². The standard InChI is InChI=1S/C16H26N6O5/c1-3-8(2)13(16(26)27)22-15(25)11(4-9-6-19-7-20-9)21-14(24)10(17)5-12(18)23/h6-8,10-11,13H,3-5,17H2,1-2H3,(H2,18,23)(H,19,20)(H,21,24)(H,22,25)(H,26,27). The first-order valence-electron chi connectivity index (χ1n) is 8.50. The molecule has 1 aromatic heterocycles. The Bertz CT molecular complexity index is 662. The molecule has 3 amide bonds. The molecule has 0 aliphatic carbocycles. The minimum atomic E-state index is -1.22. The van der Waals surface area contributed by atoms with E-state index in [2.05, 4.69) is 20.6 Å². The van der Waals surface area contributed by atoms with Crippen LogP contribution in [0.5, 0.6) is 0 Å². The highest BCUT2D eigenvalue weighted by Crippen LogP contribution is 2.09. The lowest BCUT2D eigenvalue weighted by Crippen LogP contribution is -2.56. The predicted molar refractivity (Wildman–Crippen MR) is 95.0 cm³/mol. The van der Waals surface area contributed by atoms with Gasteiger partial charge < -0.3 is 32.2 Å². The molecule has 0 aliphatic rings. The number of carbonyl (C=O) groups excluding carboxylic acids is 3. The molecule has 150 valence electrons. The van der Waals surface area contributed by atoms with Crippen molar-refractivity contribution in [1.82, 2.24) is 20.6 Å². The molecule has 4 atom stereocenters. The molecular weight excluding hydrogens is 356 g/mol. The summed E-state index contributed by atoms with van der Waals surface area (Å²) in [6.45, 7) is 3.50. The van der Waals surface area contributed by atoms with E-state index in [0.29, 0.717) is 12.1 Å². The van der Waals surface area contributed by atoms with Crippen LogP contribution < -0.4 is 22.1 Å². The Hall–Kier alpha value is -2.95. The third kappa shape index (κ3) is 7.05. The van der Waals surface area contributed by atoms with Crippen molar-refractivity contribution >= 4 is 23.7 Å². The zero-order chi connectivity index (χ0) is 20.6. The number of aromatic nitrogens is 2. The summed E-state index contributed by atoms with van der Waals surface area (Å²) in [6, 6.07) is -3.44. The molecule has 4 unspecified atom stereocenters. The minimum Gasteiger partial charge on any atom is -0.480 e. The quantitative estimate of drug-likeness (QED) is 0.261. The fourth-order valence-electron chi connectivity index (χ4n) is 2.35. The number of nitrogens with zero attached hydrogens (tertiary/aromatic N) is 1. The van der Waals surface area contributed by atoms with Gasteiger partial charge in [0.05, 0.1) is 18.8 Å². The molecule has 0 fully saturated rings.